The van der Waals surface area contributed by atoms with Gasteiger partial charge >= 0.3 is 5.97 Å². The van der Waals surface area contributed by atoms with Gasteiger partial charge in [-0.1, -0.05) is 23.7 Å². The van der Waals surface area contributed by atoms with Crippen molar-refractivity contribution >= 4 is 34.9 Å². The van der Waals surface area contributed by atoms with Crippen molar-refractivity contribution < 1.29 is 23.9 Å². The van der Waals surface area contributed by atoms with Gasteiger partial charge < -0.3 is 14.8 Å². The van der Waals surface area contributed by atoms with Crippen LogP contribution in [0.25, 0.3) is 0 Å². The average Bonchev–Trinajstić information content (AvgIpc) is 2.67. The van der Waals surface area contributed by atoms with Crippen molar-refractivity contribution in [3.63, 3.8) is 0 Å². The van der Waals surface area contributed by atoms with E-state index < -0.39 is 23.9 Å². The van der Waals surface area contributed by atoms with Gasteiger partial charge in [0, 0.05) is 16.3 Å². The molecule has 3 rings (SSSR count). The molecule has 0 spiro atoms. The molecule has 1 N–H and O–H groups in total. The molecule has 0 aliphatic carbocycles. The van der Waals surface area contributed by atoms with Gasteiger partial charge in [0.05, 0.1) is 5.92 Å². The lowest BCUT2D eigenvalue weighted by atomic mass is 9.97. The van der Waals surface area contributed by atoms with Gasteiger partial charge in [0.25, 0.3) is 5.91 Å². The number of Topliss-reactive ketones (excluding diaryl/α,β-unsaturated/α-hetero) is 1. The average molecular weight is 402 g/mol. The number of esters is 1. The highest BCUT2D eigenvalue weighted by atomic mass is 35.5. The first-order valence-corrected chi connectivity index (χ1v) is 9.25. The Balaban J connectivity index is 1.59. The number of amides is 1. The summed E-state index contributed by atoms with van der Waals surface area (Å²) in [5, 5.41) is 3.22. The zero-order chi connectivity index (χ0) is 20.3. The molecule has 1 heterocycles. The van der Waals surface area contributed by atoms with Gasteiger partial charge in [0.15, 0.2) is 11.9 Å². The Morgan fingerprint density at radius 3 is 2.75 bits per heavy atom. The molecule has 2 atom stereocenters. The number of halogens is 1. The number of ketones is 1. The van der Waals surface area contributed by atoms with Crippen LogP contribution in [0.3, 0.4) is 0 Å². The molecule has 1 aliphatic rings. The number of fused-ring (bicyclic) bond motifs is 1. The van der Waals surface area contributed by atoms with Crippen molar-refractivity contribution in [3.8, 4) is 5.75 Å². The molecule has 0 saturated heterocycles. The minimum Gasteiger partial charge on any atom is -0.492 e. The summed E-state index contributed by atoms with van der Waals surface area (Å²) < 4.78 is 10.9. The Kier molecular flexibility index (Phi) is 5.99. The van der Waals surface area contributed by atoms with Gasteiger partial charge in [-0.3, -0.25) is 14.4 Å². The number of ether oxygens (including phenoxy) is 2. The highest BCUT2D eigenvalue weighted by molar-refractivity contribution is 6.30. The van der Waals surface area contributed by atoms with Crippen LogP contribution in [0, 0.1) is 5.92 Å². The first-order valence-electron chi connectivity index (χ1n) is 8.87. The minimum absolute atomic E-state index is 0.103. The second-order valence-corrected chi connectivity index (χ2v) is 7.11. The third-order valence-corrected chi connectivity index (χ3v) is 4.70. The predicted octanol–water partition coefficient (Wildman–Crippen LogP) is 3.66. The van der Waals surface area contributed by atoms with E-state index in [0.29, 0.717) is 28.4 Å². The second-order valence-electron chi connectivity index (χ2n) is 6.67. The number of rotatable bonds is 5. The van der Waals surface area contributed by atoms with Gasteiger partial charge in [-0.2, -0.15) is 0 Å². The highest BCUT2D eigenvalue weighted by Crippen LogP contribution is 2.30. The van der Waals surface area contributed by atoms with Crippen molar-refractivity contribution in [2.24, 2.45) is 5.92 Å². The number of benzene rings is 2. The smallest absolute Gasteiger partial charge is 0.313 e. The fraction of sp³-hybridized carbons (Fsp3) is 0.286. The number of carbonyl (C=O) groups excluding carboxylic acids is 3. The Hall–Kier alpha value is -2.86. The highest BCUT2D eigenvalue weighted by Gasteiger charge is 2.30. The normalized spacial score (nSPS) is 16.3. The molecule has 0 bridgehead atoms. The summed E-state index contributed by atoms with van der Waals surface area (Å²) in [7, 11) is 0. The predicted molar refractivity (Wildman–Crippen MR) is 105 cm³/mol. The van der Waals surface area contributed by atoms with E-state index in [1.807, 2.05) is 0 Å². The van der Waals surface area contributed by atoms with Gasteiger partial charge in [-0.25, -0.2) is 0 Å². The molecule has 0 radical (unpaired) electrons. The van der Waals surface area contributed by atoms with Crippen molar-refractivity contribution in [1.29, 1.82) is 0 Å². The van der Waals surface area contributed by atoms with E-state index in [1.165, 1.54) is 13.8 Å². The van der Waals surface area contributed by atoms with Crippen molar-refractivity contribution in [2.75, 3.05) is 11.9 Å². The molecule has 6 nitrogen and oxygen atoms in total. The molecule has 1 amide bonds. The quantitative estimate of drug-likeness (QED) is 0.610. The number of nitrogens with one attached hydrogen (secondary N) is 1. The summed E-state index contributed by atoms with van der Waals surface area (Å²) in [6.45, 7) is 3.13. The largest absolute Gasteiger partial charge is 0.492 e. The molecule has 2 aromatic carbocycles. The van der Waals surface area contributed by atoms with E-state index in [-0.39, 0.29) is 12.4 Å². The van der Waals surface area contributed by atoms with Crippen LogP contribution in [0.4, 0.5) is 5.69 Å². The maximum absolute atomic E-state index is 12.4. The van der Waals surface area contributed by atoms with Crippen LogP contribution in [-0.4, -0.2) is 30.4 Å². The van der Waals surface area contributed by atoms with E-state index in [9.17, 15) is 14.4 Å². The van der Waals surface area contributed by atoms with Crippen LogP contribution in [0.2, 0.25) is 5.02 Å². The number of hydrogen-bond donors (Lipinski definition) is 1. The fourth-order valence-electron chi connectivity index (χ4n) is 2.90. The lowest BCUT2D eigenvalue weighted by Gasteiger charge is -2.25. The van der Waals surface area contributed by atoms with Gasteiger partial charge in [0.2, 0.25) is 0 Å². The maximum atomic E-state index is 12.4. The van der Waals surface area contributed by atoms with Crippen molar-refractivity contribution in [2.45, 2.75) is 26.4 Å². The zero-order valence-electron chi connectivity index (χ0n) is 15.5. The van der Waals surface area contributed by atoms with Crippen molar-refractivity contribution in [1.82, 2.24) is 0 Å². The summed E-state index contributed by atoms with van der Waals surface area (Å²) in [4.78, 5) is 36.2. The third kappa shape index (κ3) is 4.70. The molecule has 7 heteroatoms. The first-order chi connectivity index (χ1) is 13.3. The van der Waals surface area contributed by atoms with Crippen LogP contribution in [0.15, 0.2) is 42.5 Å². The molecule has 146 valence electrons. The minimum atomic E-state index is -0.991. The monoisotopic (exact) mass is 401 g/mol. The zero-order valence-corrected chi connectivity index (χ0v) is 16.3. The Morgan fingerprint density at radius 1 is 1.21 bits per heavy atom. The van der Waals surface area contributed by atoms with E-state index in [2.05, 4.69) is 5.32 Å². The van der Waals surface area contributed by atoms with Gasteiger partial charge in [-0.05, 0) is 56.2 Å². The second kappa shape index (κ2) is 8.44. The van der Waals surface area contributed by atoms with E-state index in [0.717, 1.165) is 5.56 Å². The lowest BCUT2D eigenvalue weighted by Crippen LogP contribution is -2.36. The number of carbonyl (C=O) groups is 3. The van der Waals surface area contributed by atoms with Crippen LogP contribution in [0.1, 0.15) is 29.8 Å². The fourth-order valence-corrected chi connectivity index (χ4v) is 3.09. The molecule has 0 saturated carbocycles. The lowest BCUT2D eigenvalue weighted by molar-refractivity contribution is -0.158. The Bertz CT molecular complexity index is 927. The SMILES string of the molecule is CC(=O)c1cccc(NC(=O)[C@@H](C)OC(=O)[C@H]2COc3ccc(Cl)cc3C2)c1. The summed E-state index contributed by atoms with van der Waals surface area (Å²) in [5.74, 6) is -0.903. The molecule has 0 unspecified atom stereocenters. The summed E-state index contributed by atoms with van der Waals surface area (Å²) >= 11 is 5.99. The Labute approximate surface area is 167 Å². The Morgan fingerprint density at radius 2 is 2.00 bits per heavy atom. The van der Waals surface area contributed by atoms with Gasteiger partial charge in [0.1, 0.15) is 12.4 Å². The molecular formula is C21H20ClNO5. The van der Waals surface area contributed by atoms with E-state index >= 15 is 0 Å². The number of anilines is 1. The molecule has 2 aromatic rings. The van der Waals surface area contributed by atoms with Crippen LogP contribution >= 0.6 is 11.6 Å². The standard InChI is InChI=1S/C21H20ClNO5/c1-12(24)14-4-3-5-18(10-14)23-20(25)13(2)28-21(26)16-8-15-9-17(22)6-7-19(15)27-11-16/h3-7,9-10,13,16H,8,11H2,1-2H3,(H,23,25)/t13-,16-/m1/s1. The summed E-state index contributed by atoms with van der Waals surface area (Å²) in [6.07, 6.45) is -0.557. The first kappa shape index (κ1) is 19.9. The van der Waals surface area contributed by atoms with E-state index in [4.69, 9.17) is 21.1 Å². The van der Waals surface area contributed by atoms with Gasteiger partial charge in [-0.15, -0.1) is 0 Å². The molecule has 0 aromatic heterocycles. The molecular weight excluding hydrogens is 382 g/mol. The summed E-state index contributed by atoms with van der Waals surface area (Å²) in [5.41, 5.74) is 1.78. The van der Waals surface area contributed by atoms with Crippen LogP contribution in [-0.2, 0) is 20.7 Å². The molecule has 0 fully saturated rings. The summed E-state index contributed by atoms with van der Waals surface area (Å²) in [6, 6.07) is 11.8. The van der Waals surface area contributed by atoms with Crippen LogP contribution < -0.4 is 10.1 Å². The van der Waals surface area contributed by atoms with Crippen LogP contribution in [0.5, 0.6) is 5.75 Å². The maximum Gasteiger partial charge on any atom is 0.313 e. The third-order valence-electron chi connectivity index (χ3n) is 4.46. The molecule has 1 aliphatic heterocycles. The van der Waals surface area contributed by atoms with E-state index in [1.54, 1.807) is 42.5 Å². The van der Waals surface area contributed by atoms with Crippen molar-refractivity contribution in [3.05, 3.63) is 58.6 Å². The topological polar surface area (TPSA) is 81.7 Å². The molecule has 28 heavy (non-hydrogen) atoms. The number of hydrogen-bond acceptors (Lipinski definition) is 5.